The van der Waals surface area contributed by atoms with Crippen molar-refractivity contribution in [3.05, 3.63) is 12.2 Å². The van der Waals surface area contributed by atoms with Gasteiger partial charge in [0, 0.05) is 29.6 Å². The van der Waals surface area contributed by atoms with Gasteiger partial charge >= 0.3 is 0 Å². The molecule has 0 radical (unpaired) electrons. The van der Waals surface area contributed by atoms with Crippen LogP contribution in [-0.2, 0) is 7.05 Å². The Bertz CT molecular complexity index is 295. The van der Waals surface area contributed by atoms with Gasteiger partial charge in [-0.05, 0) is 0 Å². The van der Waals surface area contributed by atoms with Crippen LogP contribution in [0, 0.1) is 0 Å². The minimum absolute atomic E-state index is 0.0142. The van der Waals surface area contributed by atoms with E-state index in [2.05, 4.69) is 10.2 Å². The fourth-order valence-electron chi connectivity index (χ4n) is 1.47. The zero-order valence-electron chi connectivity index (χ0n) is 8.09. The van der Waals surface area contributed by atoms with E-state index in [0.29, 0.717) is 5.25 Å². The van der Waals surface area contributed by atoms with Crippen LogP contribution < -0.4 is 5.73 Å². The molecular weight excluding hydrogens is 216 g/mol. The van der Waals surface area contributed by atoms with Gasteiger partial charge in [0.05, 0.1) is 6.04 Å². The molecule has 2 N–H and O–H groups in total. The summed E-state index contributed by atoms with van der Waals surface area (Å²) in [4.78, 5) is 0. The Morgan fingerprint density at radius 1 is 1.64 bits per heavy atom. The molecule has 4 nitrogen and oxygen atoms in total. The Balaban J connectivity index is 2.07. The summed E-state index contributed by atoms with van der Waals surface area (Å²) in [5, 5.41) is 8.39. The highest BCUT2D eigenvalue weighted by Crippen LogP contribution is 2.31. The molecule has 1 aromatic heterocycles. The number of nitrogens with two attached hydrogens (primary N) is 1. The van der Waals surface area contributed by atoms with Gasteiger partial charge in [0.2, 0.25) is 0 Å². The molecule has 1 aliphatic rings. The molecule has 2 rings (SSSR count). The normalized spacial score (nSPS) is 24.9. The van der Waals surface area contributed by atoms with Gasteiger partial charge in [-0.15, -0.1) is 10.2 Å². The molecule has 2 heterocycles. The van der Waals surface area contributed by atoms with E-state index < -0.39 is 0 Å². The lowest BCUT2D eigenvalue weighted by Crippen LogP contribution is -2.30. The average Bonchev–Trinajstić information content (AvgIpc) is 2.65. The molecule has 1 aromatic rings. The summed E-state index contributed by atoms with van der Waals surface area (Å²) in [6.45, 7) is 0. The molecule has 0 amide bonds. The van der Waals surface area contributed by atoms with Gasteiger partial charge in [0.25, 0.3) is 0 Å². The molecular formula is C8H14N4S2. The maximum atomic E-state index is 6.16. The van der Waals surface area contributed by atoms with Crippen molar-refractivity contribution in [3.8, 4) is 0 Å². The van der Waals surface area contributed by atoms with E-state index >= 15 is 0 Å². The second-order valence-electron chi connectivity index (χ2n) is 3.31. The predicted molar refractivity (Wildman–Crippen MR) is 61.5 cm³/mol. The van der Waals surface area contributed by atoms with Crippen LogP contribution >= 0.6 is 23.5 Å². The number of nitrogens with zero attached hydrogens (tertiary/aromatic N) is 3. The largest absolute Gasteiger partial charge is 0.320 e. The molecule has 0 saturated carbocycles. The minimum Gasteiger partial charge on any atom is -0.320 e. The lowest BCUT2D eigenvalue weighted by molar-refractivity contribution is 0.629. The van der Waals surface area contributed by atoms with Gasteiger partial charge in [0.1, 0.15) is 6.33 Å². The Kier molecular flexibility index (Phi) is 3.35. The first-order valence-corrected chi connectivity index (χ1v) is 6.78. The van der Waals surface area contributed by atoms with Crippen molar-refractivity contribution in [1.29, 1.82) is 0 Å². The standard InChI is InChI=1S/C8H14N4S2/c1-12-5-10-11-8(12)7(9)6-4-13-2-3-14-6/h5-7H,2-4,9H2,1H3. The molecule has 0 bridgehead atoms. The maximum Gasteiger partial charge on any atom is 0.150 e. The van der Waals surface area contributed by atoms with Crippen LogP contribution in [0.5, 0.6) is 0 Å². The van der Waals surface area contributed by atoms with Crippen molar-refractivity contribution in [2.45, 2.75) is 11.3 Å². The topological polar surface area (TPSA) is 56.7 Å². The van der Waals surface area contributed by atoms with E-state index in [4.69, 9.17) is 5.73 Å². The third-order valence-electron chi connectivity index (χ3n) is 2.29. The van der Waals surface area contributed by atoms with E-state index in [1.165, 1.54) is 11.5 Å². The summed E-state index contributed by atoms with van der Waals surface area (Å²) >= 11 is 3.93. The van der Waals surface area contributed by atoms with E-state index in [1.807, 2.05) is 35.1 Å². The van der Waals surface area contributed by atoms with Gasteiger partial charge in [-0.3, -0.25) is 0 Å². The summed E-state index contributed by atoms with van der Waals surface area (Å²) in [7, 11) is 1.94. The van der Waals surface area contributed by atoms with Crippen LogP contribution in [0.4, 0.5) is 0 Å². The average molecular weight is 230 g/mol. The van der Waals surface area contributed by atoms with Crippen molar-refractivity contribution in [3.63, 3.8) is 0 Å². The van der Waals surface area contributed by atoms with Crippen molar-refractivity contribution in [2.75, 3.05) is 17.3 Å². The number of aromatic nitrogens is 3. The zero-order valence-corrected chi connectivity index (χ0v) is 9.72. The Morgan fingerprint density at radius 3 is 3.07 bits per heavy atom. The third-order valence-corrected chi connectivity index (χ3v) is 5.17. The molecule has 0 aromatic carbocycles. The van der Waals surface area contributed by atoms with Crippen LogP contribution in [-0.4, -0.2) is 37.3 Å². The van der Waals surface area contributed by atoms with Gasteiger partial charge < -0.3 is 10.3 Å². The lowest BCUT2D eigenvalue weighted by Gasteiger charge is -2.25. The molecule has 0 aliphatic carbocycles. The molecule has 2 atom stereocenters. The molecule has 6 heteroatoms. The number of hydrogen-bond donors (Lipinski definition) is 1. The number of thioether (sulfide) groups is 2. The second-order valence-corrected chi connectivity index (χ2v) is 5.81. The second kappa shape index (κ2) is 4.55. The molecule has 78 valence electrons. The quantitative estimate of drug-likeness (QED) is 0.809. The van der Waals surface area contributed by atoms with Gasteiger partial charge in [-0.2, -0.15) is 23.5 Å². The van der Waals surface area contributed by atoms with E-state index in [9.17, 15) is 0 Å². The maximum absolute atomic E-state index is 6.16. The van der Waals surface area contributed by atoms with Crippen molar-refractivity contribution in [1.82, 2.24) is 14.8 Å². The van der Waals surface area contributed by atoms with Crippen LogP contribution in [0.25, 0.3) is 0 Å². The molecule has 1 fully saturated rings. The van der Waals surface area contributed by atoms with E-state index in [0.717, 1.165) is 11.6 Å². The first-order valence-electron chi connectivity index (χ1n) is 4.58. The highest BCUT2D eigenvalue weighted by Gasteiger charge is 2.25. The monoisotopic (exact) mass is 230 g/mol. The zero-order chi connectivity index (χ0) is 9.97. The third kappa shape index (κ3) is 2.07. The molecule has 1 saturated heterocycles. The Hall–Kier alpha value is -0.200. The summed E-state index contributed by atoms with van der Waals surface area (Å²) < 4.78 is 1.91. The van der Waals surface area contributed by atoms with Crippen LogP contribution in [0.1, 0.15) is 11.9 Å². The van der Waals surface area contributed by atoms with Gasteiger partial charge in [-0.25, -0.2) is 0 Å². The summed E-state index contributed by atoms with van der Waals surface area (Å²) in [6, 6.07) is 0.0142. The Morgan fingerprint density at radius 2 is 2.50 bits per heavy atom. The highest BCUT2D eigenvalue weighted by molar-refractivity contribution is 8.06. The first kappa shape index (κ1) is 10.3. The summed E-state index contributed by atoms with van der Waals surface area (Å²) in [5.74, 6) is 4.46. The predicted octanol–water partition coefficient (Wildman–Crippen LogP) is 0.664. The van der Waals surface area contributed by atoms with Crippen LogP contribution in [0.15, 0.2) is 6.33 Å². The van der Waals surface area contributed by atoms with E-state index in [-0.39, 0.29) is 6.04 Å². The van der Waals surface area contributed by atoms with Crippen molar-refractivity contribution >= 4 is 23.5 Å². The molecule has 14 heavy (non-hydrogen) atoms. The van der Waals surface area contributed by atoms with Crippen LogP contribution in [0.3, 0.4) is 0 Å². The fraction of sp³-hybridized carbons (Fsp3) is 0.750. The number of hydrogen-bond acceptors (Lipinski definition) is 5. The van der Waals surface area contributed by atoms with E-state index in [1.54, 1.807) is 6.33 Å². The lowest BCUT2D eigenvalue weighted by atomic mass is 10.2. The fourth-order valence-corrected chi connectivity index (χ4v) is 4.24. The van der Waals surface area contributed by atoms with Crippen molar-refractivity contribution < 1.29 is 0 Å². The van der Waals surface area contributed by atoms with Gasteiger partial charge in [0.15, 0.2) is 5.82 Å². The number of rotatable bonds is 2. The molecule has 1 aliphatic heterocycles. The SMILES string of the molecule is Cn1cnnc1C(N)C1CSCCS1. The Labute approximate surface area is 92.0 Å². The molecule has 2 unspecified atom stereocenters. The summed E-state index contributed by atoms with van der Waals surface area (Å²) in [6.07, 6.45) is 1.70. The highest BCUT2D eigenvalue weighted by atomic mass is 32.2. The molecule has 0 spiro atoms. The number of aryl methyl sites for hydroxylation is 1. The van der Waals surface area contributed by atoms with Crippen LogP contribution in [0.2, 0.25) is 0 Å². The summed E-state index contributed by atoms with van der Waals surface area (Å²) in [5.41, 5.74) is 6.16. The van der Waals surface area contributed by atoms with Gasteiger partial charge in [-0.1, -0.05) is 0 Å². The first-order chi connectivity index (χ1) is 6.79. The smallest absolute Gasteiger partial charge is 0.150 e. The minimum atomic E-state index is 0.0142. The van der Waals surface area contributed by atoms with Crippen molar-refractivity contribution in [2.24, 2.45) is 12.8 Å².